The Hall–Kier alpha value is -1.40. The zero-order valence-corrected chi connectivity index (χ0v) is 15.2. The number of amides is 1. The van der Waals surface area contributed by atoms with E-state index in [9.17, 15) is 4.79 Å². The molecule has 6 nitrogen and oxygen atoms in total. The first-order chi connectivity index (χ1) is 11.5. The molecule has 0 unspecified atom stereocenters. The maximum Gasteiger partial charge on any atom is 0.223 e. The van der Waals surface area contributed by atoms with E-state index in [0.29, 0.717) is 13.2 Å². The molecule has 2 aliphatic rings. The monoisotopic (exact) mass is 334 g/mol. The fourth-order valence-electron chi connectivity index (χ4n) is 4.60. The summed E-state index contributed by atoms with van der Waals surface area (Å²) < 4.78 is 6.92. The van der Waals surface area contributed by atoms with Crippen molar-refractivity contribution < 1.29 is 9.53 Å². The minimum atomic E-state index is 0.161. The van der Waals surface area contributed by atoms with Gasteiger partial charge in [0, 0.05) is 51.5 Å². The lowest BCUT2D eigenvalue weighted by Gasteiger charge is -2.30. The molecule has 3 rings (SSSR count). The third-order valence-corrected chi connectivity index (χ3v) is 5.80. The second-order valence-electron chi connectivity index (χ2n) is 7.47. The van der Waals surface area contributed by atoms with E-state index in [1.165, 1.54) is 18.4 Å². The van der Waals surface area contributed by atoms with E-state index in [1.54, 1.807) is 7.11 Å². The van der Waals surface area contributed by atoms with Crippen molar-refractivity contribution >= 4 is 5.91 Å². The molecule has 1 N–H and O–H groups in total. The summed E-state index contributed by atoms with van der Waals surface area (Å²) in [5.74, 6) is 0.387. The summed E-state index contributed by atoms with van der Waals surface area (Å²) in [5, 5.41) is 7.50. The Labute approximate surface area is 144 Å². The van der Waals surface area contributed by atoms with Gasteiger partial charge in [0.2, 0.25) is 5.91 Å². The molecule has 1 aromatic heterocycles. The molecule has 1 saturated carbocycles. The molecule has 0 radical (unpaired) electrons. The van der Waals surface area contributed by atoms with Crippen molar-refractivity contribution in [2.45, 2.75) is 39.2 Å². The molecule has 6 heteroatoms. The first-order valence-corrected chi connectivity index (χ1v) is 9.02. The molecular weight excluding hydrogens is 304 g/mol. The summed E-state index contributed by atoms with van der Waals surface area (Å²) in [7, 11) is 3.64. The smallest absolute Gasteiger partial charge is 0.223 e. The number of hydrogen-bond donors (Lipinski definition) is 1. The molecule has 1 spiro atoms. The fourth-order valence-corrected chi connectivity index (χ4v) is 4.60. The van der Waals surface area contributed by atoms with Crippen LogP contribution in [0.5, 0.6) is 0 Å². The molecule has 1 aromatic rings. The van der Waals surface area contributed by atoms with Crippen molar-refractivity contribution in [3.05, 3.63) is 17.5 Å². The molecule has 134 valence electrons. The summed E-state index contributed by atoms with van der Waals surface area (Å²) in [6, 6.07) is 0. The molecule has 1 aliphatic heterocycles. The largest absolute Gasteiger partial charge is 0.383 e. The number of hydrogen-bond acceptors (Lipinski definition) is 4. The number of rotatable bonds is 6. The summed E-state index contributed by atoms with van der Waals surface area (Å²) in [5.41, 5.74) is 2.58. The third kappa shape index (κ3) is 3.49. The van der Waals surface area contributed by atoms with Crippen molar-refractivity contribution in [3.63, 3.8) is 0 Å². The van der Waals surface area contributed by atoms with E-state index in [-0.39, 0.29) is 17.2 Å². The summed E-state index contributed by atoms with van der Waals surface area (Å²) in [6.07, 6.45) is 6.62. The van der Waals surface area contributed by atoms with Gasteiger partial charge in [-0.25, -0.2) is 0 Å². The molecule has 24 heavy (non-hydrogen) atoms. The van der Waals surface area contributed by atoms with E-state index in [2.05, 4.69) is 28.4 Å². The van der Waals surface area contributed by atoms with Crippen LogP contribution < -0.4 is 5.32 Å². The molecule has 0 bridgehead atoms. The zero-order chi connectivity index (χ0) is 17.2. The van der Waals surface area contributed by atoms with Gasteiger partial charge in [-0.3, -0.25) is 14.4 Å². The van der Waals surface area contributed by atoms with Gasteiger partial charge >= 0.3 is 0 Å². The van der Waals surface area contributed by atoms with Gasteiger partial charge in [-0.2, -0.15) is 5.10 Å². The predicted molar refractivity (Wildman–Crippen MR) is 92.5 cm³/mol. The summed E-state index contributed by atoms with van der Waals surface area (Å²) in [4.78, 5) is 15.1. The topological polar surface area (TPSA) is 59.4 Å². The maximum atomic E-state index is 12.6. The highest BCUT2D eigenvalue weighted by Crippen LogP contribution is 2.50. The van der Waals surface area contributed by atoms with E-state index in [0.717, 1.165) is 38.2 Å². The Morgan fingerprint density at radius 3 is 3.04 bits per heavy atom. The molecule has 1 aliphatic carbocycles. The summed E-state index contributed by atoms with van der Waals surface area (Å²) in [6.45, 7) is 6.32. The lowest BCUT2D eigenvalue weighted by Crippen LogP contribution is -2.41. The number of carbonyl (C=O) groups excluding carboxylic acids is 1. The van der Waals surface area contributed by atoms with Gasteiger partial charge in [0.1, 0.15) is 0 Å². The average molecular weight is 334 g/mol. The highest BCUT2D eigenvalue weighted by molar-refractivity contribution is 5.80. The van der Waals surface area contributed by atoms with Crippen LogP contribution in [0.1, 0.15) is 36.9 Å². The van der Waals surface area contributed by atoms with Crippen LogP contribution in [0, 0.1) is 18.3 Å². The predicted octanol–water partition coefficient (Wildman–Crippen LogP) is 1.48. The molecule has 2 atom stereocenters. The van der Waals surface area contributed by atoms with E-state index >= 15 is 0 Å². The van der Waals surface area contributed by atoms with Crippen LogP contribution in [0.2, 0.25) is 0 Å². The molecule has 1 amide bonds. The van der Waals surface area contributed by atoms with E-state index < -0.39 is 0 Å². The number of likely N-dealkylation sites (tertiary alicyclic amines) is 1. The number of methoxy groups -OCH3 is 1. The Balaban J connectivity index is 1.61. The second kappa shape index (κ2) is 7.23. The number of aryl methyl sites for hydroxylation is 2. The van der Waals surface area contributed by atoms with Crippen molar-refractivity contribution in [2.75, 3.05) is 33.4 Å². The molecule has 1 saturated heterocycles. The average Bonchev–Trinajstić information content (AvgIpc) is 3.22. The molecule has 2 heterocycles. The molecule has 0 aromatic carbocycles. The van der Waals surface area contributed by atoms with E-state index in [4.69, 9.17) is 4.74 Å². The number of ether oxygens (including phenoxy) is 1. The zero-order valence-electron chi connectivity index (χ0n) is 15.2. The minimum absolute atomic E-state index is 0.161. The lowest BCUT2D eigenvalue weighted by atomic mass is 9.76. The van der Waals surface area contributed by atoms with Gasteiger partial charge < -0.3 is 10.1 Å². The fraction of sp³-hybridized carbons (Fsp3) is 0.778. The van der Waals surface area contributed by atoms with E-state index in [1.807, 2.05) is 11.7 Å². The van der Waals surface area contributed by atoms with Crippen LogP contribution in [0.15, 0.2) is 6.20 Å². The van der Waals surface area contributed by atoms with Gasteiger partial charge in [0.25, 0.3) is 0 Å². The van der Waals surface area contributed by atoms with Crippen molar-refractivity contribution in [1.82, 2.24) is 20.0 Å². The van der Waals surface area contributed by atoms with Crippen molar-refractivity contribution in [3.8, 4) is 0 Å². The van der Waals surface area contributed by atoms with Crippen LogP contribution in [-0.2, 0) is 23.1 Å². The van der Waals surface area contributed by atoms with Crippen molar-refractivity contribution in [2.24, 2.45) is 18.4 Å². The van der Waals surface area contributed by atoms with Gasteiger partial charge in [-0.1, -0.05) is 6.42 Å². The summed E-state index contributed by atoms with van der Waals surface area (Å²) >= 11 is 0. The number of nitrogens with one attached hydrogen (secondary N) is 1. The van der Waals surface area contributed by atoms with Gasteiger partial charge in [0.05, 0.1) is 12.3 Å². The highest BCUT2D eigenvalue weighted by atomic mass is 16.5. The minimum Gasteiger partial charge on any atom is -0.383 e. The van der Waals surface area contributed by atoms with Crippen LogP contribution in [0.3, 0.4) is 0 Å². The SMILES string of the molecule is COCCNC(=O)[C@H]1CCC[C@]12CCN(Cc1cn(C)nc1C)C2. The molecule has 2 fully saturated rings. The number of aromatic nitrogens is 2. The van der Waals surface area contributed by atoms with Crippen LogP contribution in [0.25, 0.3) is 0 Å². The third-order valence-electron chi connectivity index (χ3n) is 5.80. The Kier molecular flexibility index (Phi) is 5.25. The lowest BCUT2D eigenvalue weighted by molar-refractivity contribution is -0.128. The van der Waals surface area contributed by atoms with Gasteiger partial charge in [-0.05, 0) is 38.1 Å². The maximum absolute atomic E-state index is 12.6. The Morgan fingerprint density at radius 2 is 2.33 bits per heavy atom. The number of nitrogens with zero attached hydrogens (tertiary/aromatic N) is 3. The first-order valence-electron chi connectivity index (χ1n) is 9.02. The Morgan fingerprint density at radius 1 is 1.50 bits per heavy atom. The van der Waals surface area contributed by atoms with Gasteiger partial charge in [0.15, 0.2) is 0 Å². The van der Waals surface area contributed by atoms with Crippen molar-refractivity contribution in [1.29, 1.82) is 0 Å². The van der Waals surface area contributed by atoms with Crippen LogP contribution in [-0.4, -0.2) is 53.9 Å². The number of carbonyl (C=O) groups is 1. The quantitative estimate of drug-likeness (QED) is 0.801. The van der Waals surface area contributed by atoms with Gasteiger partial charge in [-0.15, -0.1) is 0 Å². The standard InChI is InChI=1S/C18H30N4O2/c1-14-15(11-21(2)20-14)12-22-9-7-18(13-22)6-4-5-16(18)17(23)19-8-10-24-3/h11,16H,4-10,12-13H2,1-3H3,(H,19,23)/t16-,18-/m1/s1. The van der Waals surface area contributed by atoms with Crippen LogP contribution in [0.4, 0.5) is 0 Å². The highest BCUT2D eigenvalue weighted by Gasteiger charge is 2.50. The van der Waals surface area contributed by atoms with Crippen LogP contribution >= 0.6 is 0 Å². The second-order valence-corrected chi connectivity index (χ2v) is 7.47. The molecular formula is C18H30N4O2. The first kappa shape index (κ1) is 17.4. The normalized spacial score (nSPS) is 27.2. The Bertz CT molecular complexity index is 586.